The van der Waals surface area contributed by atoms with Gasteiger partial charge in [-0.25, -0.2) is 9.97 Å². The second-order valence-corrected chi connectivity index (χ2v) is 6.20. The van der Waals surface area contributed by atoms with Gasteiger partial charge in [-0.15, -0.1) is 0 Å². The Morgan fingerprint density at radius 1 is 1.18 bits per heavy atom. The largest absolute Gasteiger partial charge is 0.394 e. The normalized spacial score (nSPS) is 21.1. The van der Waals surface area contributed by atoms with E-state index in [0.717, 1.165) is 0 Å². The van der Waals surface area contributed by atoms with Crippen molar-refractivity contribution >= 4 is 11.8 Å². The minimum absolute atomic E-state index is 0.0986. The van der Waals surface area contributed by atoms with Crippen LogP contribution in [0.1, 0.15) is 22.5 Å². The van der Waals surface area contributed by atoms with Crippen molar-refractivity contribution in [1.82, 2.24) is 25.6 Å². The average molecular weight is 383 g/mol. The summed E-state index contributed by atoms with van der Waals surface area (Å²) in [5.74, 6) is -0.520. The van der Waals surface area contributed by atoms with Crippen LogP contribution in [0.25, 0.3) is 0 Å². The Balaban J connectivity index is 1.52. The fourth-order valence-electron chi connectivity index (χ4n) is 2.73. The number of aromatic nitrogens is 3. The Bertz CT molecular complexity index is 816. The number of hydrogen-bond donors (Lipinski definition) is 3. The molecule has 3 N–H and O–H groups in total. The maximum Gasteiger partial charge on any atom is 0.253 e. The maximum absolute atomic E-state index is 12.3. The zero-order valence-electron chi connectivity index (χ0n) is 15.1. The summed E-state index contributed by atoms with van der Waals surface area (Å²) in [5.41, 5.74) is 1.12. The molecule has 0 unspecified atom stereocenters. The second-order valence-electron chi connectivity index (χ2n) is 6.20. The van der Waals surface area contributed by atoms with Crippen LogP contribution in [0.4, 0.5) is 0 Å². The summed E-state index contributed by atoms with van der Waals surface area (Å²) < 4.78 is 5.75. The fraction of sp³-hybridized carbons (Fsp3) is 0.316. The first-order valence-corrected chi connectivity index (χ1v) is 8.83. The van der Waals surface area contributed by atoms with Crippen molar-refractivity contribution < 1.29 is 19.4 Å². The molecule has 0 saturated heterocycles. The van der Waals surface area contributed by atoms with Crippen molar-refractivity contribution in [1.29, 1.82) is 0 Å². The van der Waals surface area contributed by atoms with Gasteiger partial charge in [-0.1, -0.05) is 12.2 Å². The van der Waals surface area contributed by atoms with Gasteiger partial charge < -0.3 is 20.5 Å². The summed E-state index contributed by atoms with van der Waals surface area (Å²) in [4.78, 5) is 36.1. The Morgan fingerprint density at radius 2 is 2.07 bits per heavy atom. The fourth-order valence-corrected chi connectivity index (χ4v) is 2.73. The van der Waals surface area contributed by atoms with Crippen LogP contribution >= 0.6 is 0 Å². The minimum atomic E-state index is -0.648. The number of hydrogen-bond acceptors (Lipinski definition) is 7. The van der Waals surface area contributed by atoms with E-state index in [1.807, 2.05) is 0 Å². The molecule has 1 aliphatic rings. The summed E-state index contributed by atoms with van der Waals surface area (Å²) in [6.45, 7) is 0.00634. The van der Waals surface area contributed by atoms with E-state index in [0.29, 0.717) is 17.8 Å². The quantitative estimate of drug-likeness (QED) is 0.574. The lowest BCUT2D eigenvalue weighted by atomic mass is 10.0. The van der Waals surface area contributed by atoms with Crippen LogP contribution in [-0.4, -0.2) is 56.7 Å². The molecule has 3 heterocycles. The molecule has 1 aliphatic heterocycles. The van der Waals surface area contributed by atoms with Crippen LogP contribution in [0.15, 0.2) is 55.3 Å². The van der Waals surface area contributed by atoms with Crippen molar-refractivity contribution in [2.45, 2.75) is 31.2 Å². The number of rotatable bonds is 7. The van der Waals surface area contributed by atoms with E-state index in [1.165, 1.54) is 12.5 Å². The first kappa shape index (κ1) is 19.6. The highest BCUT2D eigenvalue weighted by Gasteiger charge is 2.29. The van der Waals surface area contributed by atoms with Crippen molar-refractivity contribution in [3.05, 3.63) is 66.5 Å². The molecule has 28 heavy (non-hydrogen) atoms. The molecule has 2 amide bonds. The van der Waals surface area contributed by atoms with Gasteiger partial charge >= 0.3 is 0 Å². The van der Waals surface area contributed by atoms with Gasteiger partial charge in [-0.2, -0.15) is 0 Å². The Morgan fingerprint density at radius 3 is 2.79 bits per heavy atom. The number of ether oxygens (including phenoxy) is 1. The molecule has 0 radical (unpaired) electrons. The number of amides is 2. The van der Waals surface area contributed by atoms with Crippen molar-refractivity contribution in [3.63, 3.8) is 0 Å². The van der Waals surface area contributed by atoms with Gasteiger partial charge in [0.2, 0.25) is 5.91 Å². The molecule has 146 valence electrons. The Labute approximate surface area is 161 Å². The molecule has 0 aliphatic carbocycles. The first-order chi connectivity index (χ1) is 13.7. The third-order valence-electron chi connectivity index (χ3n) is 4.18. The number of aliphatic hydroxyl groups excluding tert-OH is 1. The number of aliphatic hydroxyl groups is 1. The molecule has 0 spiro atoms. The Hall–Kier alpha value is -3.17. The summed E-state index contributed by atoms with van der Waals surface area (Å²) in [6, 6.07) is 4.53. The highest BCUT2D eigenvalue weighted by molar-refractivity contribution is 5.94. The Kier molecular flexibility index (Phi) is 6.77. The molecule has 0 bridgehead atoms. The smallest absolute Gasteiger partial charge is 0.253 e. The zero-order chi connectivity index (χ0) is 19.8. The number of carbonyl (C=O) groups is 2. The lowest BCUT2D eigenvalue weighted by Gasteiger charge is -2.31. The van der Waals surface area contributed by atoms with E-state index in [4.69, 9.17) is 4.74 Å². The third-order valence-corrected chi connectivity index (χ3v) is 4.18. The van der Waals surface area contributed by atoms with E-state index in [1.54, 1.807) is 42.7 Å². The van der Waals surface area contributed by atoms with Gasteiger partial charge in [-0.3, -0.25) is 14.6 Å². The molecular weight excluding hydrogens is 362 g/mol. The van der Waals surface area contributed by atoms with E-state index in [2.05, 4.69) is 25.6 Å². The van der Waals surface area contributed by atoms with Crippen LogP contribution in [0, 0.1) is 0 Å². The number of carbonyl (C=O) groups excluding carboxylic acids is 2. The monoisotopic (exact) mass is 383 g/mol. The highest BCUT2D eigenvalue weighted by atomic mass is 16.5. The number of nitrogens with zero attached hydrogens (tertiary/aromatic N) is 3. The molecule has 2 aromatic rings. The molecule has 9 nitrogen and oxygen atoms in total. The van der Waals surface area contributed by atoms with Gasteiger partial charge in [0, 0.05) is 18.6 Å². The van der Waals surface area contributed by atoms with Gasteiger partial charge in [0.15, 0.2) is 0 Å². The van der Waals surface area contributed by atoms with Gasteiger partial charge in [0.25, 0.3) is 5.91 Å². The van der Waals surface area contributed by atoms with Crippen LogP contribution < -0.4 is 10.6 Å². The lowest BCUT2D eigenvalue weighted by molar-refractivity contribution is -0.125. The molecule has 9 heteroatoms. The summed E-state index contributed by atoms with van der Waals surface area (Å²) in [5, 5.41) is 15.2. The van der Waals surface area contributed by atoms with Crippen molar-refractivity contribution in [3.8, 4) is 0 Å². The number of pyridine rings is 1. The highest BCUT2D eigenvalue weighted by Crippen LogP contribution is 2.16. The number of nitrogens with one attached hydrogen (secondary N) is 2. The van der Waals surface area contributed by atoms with Gasteiger partial charge in [0.05, 0.1) is 43.0 Å². The van der Waals surface area contributed by atoms with Crippen LogP contribution in [-0.2, 0) is 16.1 Å². The molecule has 3 rings (SSSR count). The second kappa shape index (κ2) is 9.67. The minimum Gasteiger partial charge on any atom is -0.394 e. The van der Waals surface area contributed by atoms with E-state index >= 15 is 0 Å². The lowest BCUT2D eigenvalue weighted by Crippen LogP contribution is -2.49. The van der Waals surface area contributed by atoms with Gasteiger partial charge in [-0.05, 0) is 18.2 Å². The van der Waals surface area contributed by atoms with Crippen LogP contribution in [0.3, 0.4) is 0 Å². The van der Waals surface area contributed by atoms with E-state index in [-0.39, 0.29) is 24.8 Å². The average Bonchev–Trinajstić information content (AvgIpc) is 2.74. The molecule has 0 saturated carbocycles. The molecule has 0 aromatic carbocycles. The predicted molar refractivity (Wildman–Crippen MR) is 98.9 cm³/mol. The zero-order valence-corrected chi connectivity index (χ0v) is 15.1. The van der Waals surface area contributed by atoms with Crippen LogP contribution in [0.5, 0.6) is 0 Å². The van der Waals surface area contributed by atoms with Crippen LogP contribution in [0.2, 0.25) is 0 Å². The van der Waals surface area contributed by atoms with Crippen molar-refractivity contribution in [2.24, 2.45) is 0 Å². The predicted octanol–water partition coefficient (Wildman–Crippen LogP) is -0.00760. The SMILES string of the molecule is O=C(C[C@H]1C=C[C@H](NC(=O)c2cccnc2)[C@@H](CO)O1)NCc1ccncn1. The summed E-state index contributed by atoms with van der Waals surface area (Å²) >= 11 is 0. The maximum atomic E-state index is 12.3. The summed E-state index contributed by atoms with van der Waals surface area (Å²) in [7, 11) is 0. The topological polar surface area (TPSA) is 126 Å². The third kappa shape index (κ3) is 5.41. The van der Waals surface area contributed by atoms with E-state index in [9.17, 15) is 14.7 Å². The molecule has 3 atom stereocenters. The standard InChI is InChI=1S/C19H21N5O4/c25-11-17-16(24-19(27)13-2-1-6-20-9-13)4-3-15(28-17)8-18(26)22-10-14-5-7-21-12-23-14/h1-7,9,12,15-17,25H,8,10-11H2,(H,22,26)(H,24,27)/t15-,16+,17-/m1/s1. The summed E-state index contributed by atoms with van der Waals surface area (Å²) in [6.07, 6.45) is 8.47. The molecule has 2 aromatic heterocycles. The van der Waals surface area contributed by atoms with Crippen molar-refractivity contribution in [2.75, 3.05) is 6.61 Å². The van der Waals surface area contributed by atoms with E-state index < -0.39 is 18.2 Å². The molecular formula is C19H21N5O4. The first-order valence-electron chi connectivity index (χ1n) is 8.83. The van der Waals surface area contributed by atoms with Gasteiger partial charge in [0.1, 0.15) is 12.4 Å². The molecule has 0 fully saturated rings.